The molecule has 152 valence electrons. The van der Waals surface area contributed by atoms with Crippen molar-refractivity contribution in [3.8, 4) is 11.1 Å². The van der Waals surface area contributed by atoms with Gasteiger partial charge >= 0.3 is 0 Å². The maximum Gasteiger partial charge on any atom is 0.260 e. The lowest BCUT2D eigenvalue weighted by Crippen LogP contribution is -2.21. The first-order valence-corrected chi connectivity index (χ1v) is 10.6. The van der Waals surface area contributed by atoms with Gasteiger partial charge in [-0.1, -0.05) is 48.9 Å². The number of aryl methyl sites for hydroxylation is 1. The molecule has 0 bridgehead atoms. The van der Waals surface area contributed by atoms with E-state index < -0.39 is 11.3 Å². The topological polar surface area (TPSA) is 62.8 Å². The van der Waals surface area contributed by atoms with Gasteiger partial charge in [0.1, 0.15) is 0 Å². The van der Waals surface area contributed by atoms with Gasteiger partial charge in [-0.05, 0) is 65.2 Å². The van der Waals surface area contributed by atoms with E-state index in [4.69, 9.17) is 11.6 Å². The minimum Gasteiger partial charge on any atom is -0.325 e. The van der Waals surface area contributed by atoms with Gasteiger partial charge in [0.05, 0.1) is 11.3 Å². The van der Waals surface area contributed by atoms with Gasteiger partial charge in [0, 0.05) is 32.5 Å². The summed E-state index contributed by atoms with van der Waals surface area (Å²) in [5.41, 5.74) is 3.11. The van der Waals surface area contributed by atoms with Crippen LogP contribution in [0.15, 0.2) is 69.0 Å². The molecule has 6 heteroatoms. The summed E-state index contributed by atoms with van der Waals surface area (Å²) in [4.78, 5) is 33.2. The number of rotatable bonds is 6. The van der Waals surface area contributed by atoms with Crippen LogP contribution in [0, 0.1) is 0 Å². The van der Waals surface area contributed by atoms with E-state index in [-0.39, 0.29) is 5.56 Å². The third-order valence-corrected chi connectivity index (χ3v) is 5.08. The van der Waals surface area contributed by atoms with Gasteiger partial charge in [-0.25, -0.2) is 0 Å². The van der Waals surface area contributed by atoms with E-state index in [1.54, 1.807) is 31.3 Å². The molecule has 2 aromatic heterocycles. The van der Waals surface area contributed by atoms with Crippen molar-refractivity contribution in [2.45, 2.75) is 20.3 Å². The molecule has 0 aliphatic heterocycles. The minimum atomic E-state index is -0.423. The summed E-state index contributed by atoms with van der Waals surface area (Å²) < 4.78 is 0.844. The molecule has 0 radical (unpaired) electrons. The number of carbonyl (C=O) groups excluding carboxylic acids is 1. The van der Waals surface area contributed by atoms with E-state index in [1.807, 2.05) is 43.3 Å². The average molecular weight is 484 g/mol. The summed E-state index contributed by atoms with van der Waals surface area (Å²) in [6.45, 7) is 3.71. The maximum absolute atomic E-state index is 13.1. The van der Waals surface area contributed by atoms with Gasteiger partial charge in [0.25, 0.3) is 5.56 Å². The zero-order valence-corrected chi connectivity index (χ0v) is 18.9. The normalized spacial score (nSPS) is 11.8. The fraction of sp³-hybridized carbons (Fsp3) is 0.125. The number of halogens is 2. The molecule has 0 spiro atoms. The third-order valence-electron chi connectivity index (χ3n) is 4.50. The fourth-order valence-corrected chi connectivity index (χ4v) is 3.52. The summed E-state index contributed by atoms with van der Waals surface area (Å²) in [5, 5.41) is 0.557. The van der Waals surface area contributed by atoms with Crippen LogP contribution in [-0.2, 0) is 6.42 Å². The highest BCUT2D eigenvalue weighted by Gasteiger charge is 2.21. The van der Waals surface area contributed by atoms with Crippen LogP contribution in [0.4, 0.5) is 0 Å². The number of H-pyrrole nitrogens is 1. The second-order valence-corrected chi connectivity index (χ2v) is 8.16. The van der Waals surface area contributed by atoms with Gasteiger partial charge in [-0.2, -0.15) is 0 Å². The lowest BCUT2D eigenvalue weighted by Gasteiger charge is -2.15. The van der Waals surface area contributed by atoms with Gasteiger partial charge in [0.15, 0.2) is 5.78 Å². The number of benzene rings is 1. The number of ketones is 1. The van der Waals surface area contributed by atoms with Crippen LogP contribution in [0.25, 0.3) is 23.3 Å². The highest BCUT2D eigenvalue weighted by molar-refractivity contribution is 9.10. The molecule has 0 fully saturated rings. The number of pyridine rings is 2. The number of hydrogen-bond donors (Lipinski definition) is 1. The van der Waals surface area contributed by atoms with E-state index in [0.29, 0.717) is 22.7 Å². The molecule has 3 aromatic rings. The van der Waals surface area contributed by atoms with Crippen molar-refractivity contribution in [1.82, 2.24) is 9.97 Å². The van der Waals surface area contributed by atoms with Gasteiger partial charge in [-0.15, -0.1) is 0 Å². The lowest BCUT2D eigenvalue weighted by molar-refractivity contribution is 0.104. The molecule has 30 heavy (non-hydrogen) atoms. The third kappa shape index (κ3) is 5.04. The first-order chi connectivity index (χ1) is 14.4. The predicted octanol–water partition coefficient (Wildman–Crippen LogP) is 6.26. The molecule has 4 nitrogen and oxygen atoms in total. The Hall–Kier alpha value is -2.76. The van der Waals surface area contributed by atoms with Crippen LogP contribution in [0.5, 0.6) is 0 Å². The molecular formula is C24H20BrClN2O2. The van der Waals surface area contributed by atoms with Crippen molar-refractivity contribution < 1.29 is 4.79 Å². The van der Waals surface area contributed by atoms with Gasteiger partial charge in [0.2, 0.25) is 0 Å². The Morgan fingerprint density at radius 1 is 1.20 bits per heavy atom. The number of nitrogens with one attached hydrogen (secondary N) is 1. The fourth-order valence-electron chi connectivity index (χ4n) is 3.17. The van der Waals surface area contributed by atoms with Crippen molar-refractivity contribution in [1.29, 1.82) is 0 Å². The Balaban J connectivity index is 2.22. The van der Waals surface area contributed by atoms with E-state index in [1.165, 1.54) is 6.08 Å². The number of aromatic nitrogens is 2. The van der Waals surface area contributed by atoms with Crippen molar-refractivity contribution in [2.24, 2.45) is 0 Å². The Morgan fingerprint density at radius 2 is 1.93 bits per heavy atom. The molecule has 1 N–H and O–H groups in total. The van der Waals surface area contributed by atoms with Crippen LogP contribution in [0.2, 0.25) is 0 Å². The van der Waals surface area contributed by atoms with E-state index in [9.17, 15) is 9.59 Å². The monoisotopic (exact) mass is 482 g/mol. The zero-order chi connectivity index (χ0) is 21.7. The van der Waals surface area contributed by atoms with Crippen molar-refractivity contribution in [2.75, 3.05) is 0 Å². The summed E-state index contributed by atoms with van der Waals surface area (Å²) in [6.07, 6.45) is 7.00. The van der Waals surface area contributed by atoms with E-state index >= 15 is 0 Å². The molecule has 0 saturated carbocycles. The maximum atomic E-state index is 13.1. The quantitative estimate of drug-likeness (QED) is 0.332. The Kier molecular flexibility index (Phi) is 7.19. The van der Waals surface area contributed by atoms with Crippen molar-refractivity contribution in [3.63, 3.8) is 0 Å². The number of nitrogens with zero attached hydrogens (tertiary/aromatic N) is 1. The molecule has 0 aliphatic rings. The molecule has 3 rings (SSSR count). The second kappa shape index (κ2) is 9.83. The summed E-state index contributed by atoms with van der Waals surface area (Å²) in [7, 11) is 0. The SMILES string of the molecule is CCc1[nH]c(=O)c(C(=O)/C=C/c2ccc(Br)cn2)c(-c2ccccc2)c1/C=C(\C)Cl. The smallest absolute Gasteiger partial charge is 0.260 e. The molecule has 0 amide bonds. The number of allylic oxidation sites excluding steroid dienone is 2. The number of aromatic amines is 1. The molecule has 0 unspecified atom stereocenters. The van der Waals surface area contributed by atoms with Crippen LogP contribution in [-0.4, -0.2) is 15.8 Å². The van der Waals surface area contributed by atoms with Crippen LogP contribution in [0.3, 0.4) is 0 Å². The van der Waals surface area contributed by atoms with E-state index in [2.05, 4.69) is 25.9 Å². The highest BCUT2D eigenvalue weighted by atomic mass is 79.9. The number of carbonyl (C=O) groups is 1. The summed E-state index contributed by atoms with van der Waals surface area (Å²) >= 11 is 9.52. The first-order valence-electron chi connectivity index (χ1n) is 9.43. The van der Waals surface area contributed by atoms with Crippen molar-refractivity contribution >= 4 is 45.5 Å². The molecule has 0 aliphatic carbocycles. The summed E-state index contributed by atoms with van der Waals surface area (Å²) in [6, 6.07) is 13.0. The Morgan fingerprint density at radius 3 is 2.53 bits per heavy atom. The lowest BCUT2D eigenvalue weighted by atomic mass is 9.91. The largest absolute Gasteiger partial charge is 0.325 e. The average Bonchev–Trinajstić information content (AvgIpc) is 2.74. The predicted molar refractivity (Wildman–Crippen MR) is 127 cm³/mol. The molecule has 0 atom stereocenters. The van der Waals surface area contributed by atoms with Crippen LogP contribution >= 0.6 is 27.5 Å². The van der Waals surface area contributed by atoms with E-state index in [0.717, 1.165) is 21.3 Å². The second-order valence-electron chi connectivity index (χ2n) is 6.65. The first kappa shape index (κ1) is 21.9. The molecule has 2 heterocycles. The minimum absolute atomic E-state index is 0.0796. The van der Waals surface area contributed by atoms with Crippen LogP contribution < -0.4 is 5.56 Å². The Labute approximate surface area is 188 Å². The Bertz CT molecular complexity index is 1180. The van der Waals surface area contributed by atoms with Gasteiger partial charge in [-0.3, -0.25) is 14.6 Å². The standard InChI is InChI=1S/C24H20BrClN2O2/c1-3-20-19(13-15(2)26)22(16-7-5-4-6-8-16)23(24(30)28-20)21(29)12-11-18-10-9-17(25)14-27-18/h4-14H,3H2,1-2H3,(H,28,30)/b12-11+,15-13+. The zero-order valence-electron chi connectivity index (χ0n) is 16.6. The van der Waals surface area contributed by atoms with Crippen LogP contribution in [0.1, 0.15) is 41.2 Å². The highest BCUT2D eigenvalue weighted by Crippen LogP contribution is 2.31. The molecule has 1 aromatic carbocycles. The molecular weight excluding hydrogens is 464 g/mol. The van der Waals surface area contributed by atoms with Gasteiger partial charge < -0.3 is 4.98 Å². The number of hydrogen-bond acceptors (Lipinski definition) is 3. The summed E-state index contributed by atoms with van der Waals surface area (Å²) in [5.74, 6) is -0.399. The van der Waals surface area contributed by atoms with Crippen molar-refractivity contribution in [3.05, 3.63) is 97.1 Å². The molecule has 0 saturated heterocycles.